The second-order valence-electron chi connectivity index (χ2n) is 8.10. The standard InChI is InChI=1S/C27H31ClO/c1-20-10-11-24(16-21(20)2)17-25(26-8-5-9-27(28)18-26)7-4-3-6-22-12-14-23(19-29)15-13-22/h5,8-16,18,25,29H,3-4,6-7,17,19H2,1-2H3. The molecule has 0 spiro atoms. The van der Waals surface area contributed by atoms with Crippen molar-refractivity contribution in [2.45, 2.75) is 58.5 Å². The molecule has 0 aliphatic heterocycles. The topological polar surface area (TPSA) is 20.2 Å². The molecule has 1 unspecified atom stereocenters. The zero-order chi connectivity index (χ0) is 20.6. The first-order valence-electron chi connectivity index (χ1n) is 10.6. The van der Waals surface area contributed by atoms with Gasteiger partial charge in [-0.1, -0.05) is 72.6 Å². The Morgan fingerprint density at radius 3 is 2.21 bits per heavy atom. The van der Waals surface area contributed by atoms with Crippen LogP contribution in [0.2, 0.25) is 5.02 Å². The highest BCUT2D eigenvalue weighted by Gasteiger charge is 2.13. The molecule has 0 aromatic heterocycles. The van der Waals surface area contributed by atoms with E-state index in [1.54, 1.807) is 0 Å². The molecule has 3 aromatic carbocycles. The van der Waals surface area contributed by atoms with Crippen LogP contribution in [0.5, 0.6) is 0 Å². The normalized spacial score (nSPS) is 12.1. The third-order valence-corrected chi connectivity index (χ3v) is 6.08. The summed E-state index contributed by atoms with van der Waals surface area (Å²) in [6.45, 7) is 4.47. The lowest BCUT2D eigenvalue weighted by Crippen LogP contribution is -2.04. The van der Waals surface area contributed by atoms with Gasteiger partial charge in [0.1, 0.15) is 0 Å². The molecule has 152 valence electrons. The van der Waals surface area contributed by atoms with Gasteiger partial charge in [0.2, 0.25) is 0 Å². The Labute approximate surface area is 180 Å². The van der Waals surface area contributed by atoms with Crippen LogP contribution in [0, 0.1) is 13.8 Å². The minimum Gasteiger partial charge on any atom is -0.392 e. The van der Waals surface area contributed by atoms with E-state index in [-0.39, 0.29) is 6.61 Å². The van der Waals surface area contributed by atoms with E-state index in [9.17, 15) is 5.11 Å². The van der Waals surface area contributed by atoms with Gasteiger partial charge < -0.3 is 5.11 Å². The van der Waals surface area contributed by atoms with Crippen molar-refractivity contribution < 1.29 is 5.11 Å². The maximum atomic E-state index is 9.18. The van der Waals surface area contributed by atoms with Crippen LogP contribution < -0.4 is 0 Å². The summed E-state index contributed by atoms with van der Waals surface area (Å²) < 4.78 is 0. The first-order valence-corrected chi connectivity index (χ1v) is 10.9. The van der Waals surface area contributed by atoms with Crippen molar-refractivity contribution in [1.82, 2.24) is 0 Å². The fraction of sp³-hybridized carbons (Fsp3) is 0.333. The van der Waals surface area contributed by atoms with Crippen LogP contribution in [0.1, 0.15) is 58.6 Å². The zero-order valence-corrected chi connectivity index (χ0v) is 18.3. The summed E-state index contributed by atoms with van der Waals surface area (Å²) in [5.74, 6) is 0.479. The minimum absolute atomic E-state index is 0.111. The number of aliphatic hydroxyl groups is 1. The van der Waals surface area contributed by atoms with E-state index in [1.165, 1.54) is 40.7 Å². The molecule has 0 heterocycles. The molecule has 3 rings (SSSR count). The summed E-state index contributed by atoms with van der Waals surface area (Å²) in [5, 5.41) is 9.99. The van der Waals surface area contributed by atoms with Gasteiger partial charge in [-0.15, -0.1) is 0 Å². The number of hydrogen-bond acceptors (Lipinski definition) is 1. The predicted molar refractivity (Wildman–Crippen MR) is 124 cm³/mol. The maximum absolute atomic E-state index is 9.18. The summed E-state index contributed by atoms with van der Waals surface area (Å²) in [5.41, 5.74) is 7.76. The summed E-state index contributed by atoms with van der Waals surface area (Å²) in [6.07, 6.45) is 5.64. The second-order valence-corrected chi connectivity index (χ2v) is 8.53. The van der Waals surface area contributed by atoms with E-state index >= 15 is 0 Å². The predicted octanol–water partition coefficient (Wildman–Crippen LogP) is 7.19. The molecule has 1 atom stereocenters. The van der Waals surface area contributed by atoms with Crippen LogP contribution >= 0.6 is 11.6 Å². The lowest BCUT2D eigenvalue weighted by Gasteiger charge is -2.19. The Balaban J connectivity index is 1.63. The summed E-state index contributed by atoms with van der Waals surface area (Å²) >= 11 is 6.29. The molecular weight excluding hydrogens is 376 g/mol. The number of benzene rings is 3. The van der Waals surface area contributed by atoms with E-state index in [1.807, 2.05) is 18.2 Å². The van der Waals surface area contributed by atoms with Gasteiger partial charge >= 0.3 is 0 Å². The van der Waals surface area contributed by atoms with Crippen LogP contribution in [0.15, 0.2) is 66.7 Å². The number of hydrogen-bond donors (Lipinski definition) is 1. The van der Waals surface area contributed by atoms with Crippen molar-refractivity contribution >= 4 is 11.6 Å². The van der Waals surface area contributed by atoms with Gasteiger partial charge in [0, 0.05) is 5.02 Å². The van der Waals surface area contributed by atoms with Crippen molar-refractivity contribution in [3.63, 3.8) is 0 Å². The van der Waals surface area contributed by atoms with Crippen molar-refractivity contribution in [3.05, 3.63) is 105 Å². The van der Waals surface area contributed by atoms with E-state index in [0.717, 1.165) is 29.8 Å². The molecule has 0 aliphatic carbocycles. The van der Waals surface area contributed by atoms with Gasteiger partial charge in [0.05, 0.1) is 6.61 Å². The largest absolute Gasteiger partial charge is 0.392 e. The van der Waals surface area contributed by atoms with E-state index in [4.69, 9.17) is 11.6 Å². The third kappa shape index (κ3) is 6.45. The number of rotatable bonds is 9. The van der Waals surface area contributed by atoms with Crippen LogP contribution in [-0.2, 0) is 19.4 Å². The van der Waals surface area contributed by atoms with Gasteiger partial charge in [-0.25, -0.2) is 0 Å². The first kappa shape index (κ1) is 21.6. The highest BCUT2D eigenvalue weighted by atomic mass is 35.5. The van der Waals surface area contributed by atoms with E-state index < -0.39 is 0 Å². The van der Waals surface area contributed by atoms with E-state index in [2.05, 4.69) is 62.4 Å². The van der Waals surface area contributed by atoms with Crippen molar-refractivity contribution in [2.75, 3.05) is 0 Å². The molecule has 1 N–H and O–H groups in total. The average Bonchev–Trinajstić information content (AvgIpc) is 2.73. The molecule has 0 bridgehead atoms. The molecule has 3 aromatic rings. The molecule has 29 heavy (non-hydrogen) atoms. The van der Waals surface area contributed by atoms with Crippen LogP contribution in [0.25, 0.3) is 0 Å². The molecule has 0 aliphatic rings. The number of unbranched alkanes of at least 4 members (excludes halogenated alkanes) is 1. The second kappa shape index (κ2) is 10.6. The van der Waals surface area contributed by atoms with Crippen molar-refractivity contribution in [1.29, 1.82) is 0 Å². The monoisotopic (exact) mass is 406 g/mol. The van der Waals surface area contributed by atoms with Gasteiger partial charge in [0.15, 0.2) is 0 Å². The molecule has 0 amide bonds. The molecule has 0 saturated carbocycles. The highest BCUT2D eigenvalue weighted by molar-refractivity contribution is 6.30. The molecule has 0 saturated heterocycles. The minimum atomic E-state index is 0.111. The maximum Gasteiger partial charge on any atom is 0.0681 e. The highest BCUT2D eigenvalue weighted by Crippen LogP contribution is 2.29. The number of aliphatic hydroxyl groups excluding tert-OH is 1. The number of halogens is 1. The van der Waals surface area contributed by atoms with Gasteiger partial charge in [0.25, 0.3) is 0 Å². The first-order chi connectivity index (χ1) is 14.0. The molecule has 0 fully saturated rings. The number of aryl methyl sites for hydroxylation is 3. The quantitative estimate of drug-likeness (QED) is 0.373. The average molecular weight is 407 g/mol. The molecular formula is C27H31ClO. The lowest BCUT2D eigenvalue weighted by molar-refractivity contribution is 0.282. The Morgan fingerprint density at radius 1 is 0.793 bits per heavy atom. The Hall–Kier alpha value is -2.09. The van der Waals surface area contributed by atoms with Gasteiger partial charge in [-0.3, -0.25) is 0 Å². The fourth-order valence-corrected chi connectivity index (χ4v) is 4.09. The van der Waals surface area contributed by atoms with Gasteiger partial charge in [-0.05, 0) is 91.0 Å². The molecule has 0 radical (unpaired) electrons. The fourth-order valence-electron chi connectivity index (χ4n) is 3.89. The van der Waals surface area contributed by atoms with Crippen LogP contribution in [-0.4, -0.2) is 5.11 Å². The SMILES string of the molecule is Cc1ccc(CC(CCCCc2ccc(CO)cc2)c2cccc(Cl)c2)cc1C. The smallest absolute Gasteiger partial charge is 0.0681 e. The third-order valence-electron chi connectivity index (χ3n) is 5.85. The lowest BCUT2D eigenvalue weighted by atomic mass is 9.86. The Morgan fingerprint density at radius 2 is 1.52 bits per heavy atom. The molecule has 2 heteroatoms. The van der Waals surface area contributed by atoms with Crippen LogP contribution in [0.3, 0.4) is 0 Å². The Bertz CT molecular complexity index is 914. The van der Waals surface area contributed by atoms with Gasteiger partial charge in [-0.2, -0.15) is 0 Å². The van der Waals surface area contributed by atoms with E-state index in [0.29, 0.717) is 5.92 Å². The Kier molecular flexibility index (Phi) is 7.91. The van der Waals surface area contributed by atoms with Crippen molar-refractivity contribution in [3.8, 4) is 0 Å². The summed E-state index contributed by atoms with van der Waals surface area (Å²) in [6, 6.07) is 23.5. The molecule has 1 nitrogen and oxygen atoms in total. The van der Waals surface area contributed by atoms with Crippen molar-refractivity contribution in [2.24, 2.45) is 0 Å². The van der Waals surface area contributed by atoms with Crippen LogP contribution in [0.4, 0.5) is 0 Å². The zero-order valence-electron chi connectivity index (χ0n) is 17.5. The summed E-state index contributed by atoms with van der Waals surface area (Å²) in [4.78, 5) is 0. The summed E-state index contributed by atoms with van der Waals surface area (Å²) in [7, 11) is 0.